The second kappa shape index (κ2) is 7.09. The zero-order chi connectivity index (χ0) is 18.9. The molecule has 0 radical (unpaired) electrons. The lowest BCUT2D eigenvalue weighted by molar-refractivity contribution is -0.140. The number of pyridine rings is 1. The summed E-state index contributed by atoms with van der Waals surface area (Å²) in [5, 5.41) is 5.78. The molecule has 2 saturated heterocycles. The zero-order valence-electron chi connectivity index (χ0n) is 15.3. The third kappa shape index (κ3) is 3.03. The second-order valence-electron chi connectivity index (χ2n) is 7.12. The highest BCUT2D eigenvalue weighted by Gasteiger charge is 2.46. The number of benzene rings is 1. The van der Waals surface area contributed by atoms with Crippen molar-refractivity contribution in [2.24, 2.45) is 0 Å². The van der Waals surface area contributed by atoms with Gasteiger partial charge in [0.15, 0.2) is 5.76 Å². The van der Waals surface area contributed by atoms with Crippen molar-refractivity contribution in [3.63, 3.8) is 0 Å². The van der Waals surface area contributed by atoms with E-state index < -0.39 is 0 Å². The summed E-state index contributed by atoms with van der Waals surface area (Å²) < 4.78 is 5.52. The van der Waals surface area contributed by atoms with Gasteiger partial charge in [0, 0.05) is 30.6 Å². The molecule has 7 nitrogen and oxygen atoms in total. The van der Waals surface area contributed by atoms with E-state index in [9.17, 15) is 4.79 Å². The van der Waals surface area contributed by atoms with E-state index in [1.165, 1.54) is 5.06 Å². The number of nitrogens with zero attached hydrogens (tertiary/aromatic N) is 4. The third-order valence-electron chi connectivity index (χ3n) is 5.37. The van der Waals surface area contributed by atoms with Crippen LogP contribution in [0.4, 0.5) is 4.79 Å². The molecule has 0 aliphatic carbocycles. The molecule has 2 aromatic heterocycles. The highest BCUT2D eigenvalue weighted by molar-refractivity contribution is 5.77. The van der Waals surface area contributed by atoms with Crippen molar-refractivity contribution in [1.82, 2.24) is 20.1 Å². The number of aromatic nitrogens is 2. The molecule has 2 aliphatic heterocycles. The van der Waals surface area contributed by atoms with Crippen LogP contribution in [0.3, 0.4) is 0 Å². The van der Waals surface area contributed by atoms with Crippen LogP contribution in [-0.2, 0) is 11.4 Å². The van der Waals surface area contributed by atoms with Gasteiger partial charge in [-0.1, -0.05) is 35.5 Å². The number of hydrogen-bond donors (Lipinski definition) is 0. The van der Waals surface area contributed by atoms with E-state index in [1.807, 2.05) is 53.4 Å². The van der Waals surface area contributed by atoms with Crippen LogP contribution in [0.1, 0.15) is 30.1 Å². The average molecular weight is 376 g/mol. The van der Waals surface area contributed by atoms with Gasteiger partial charge in [0.1, 0.15) is 12.3 Å². The maximum atomic E-state index is 12.9. The van der Waals surface area contributed by atoms with Crippen molar-refractivity contribution in [1.29, 1.82) is 0 Å². The fourth-order valence-corrected chi connectivity index (χ4v) is 3.92. The number of carbonyl (C=O) groups excluding carboxylic acids is 1. The standard InChI is InChI=1S/C21H20N4O3/c26-21-24-13-17(25(21)27-14-15-4-2-1-3-5-15)6-7-19(24)18-12-20(28-23-18)16-8-10-22-11-9-16/h1-5,8-12,17,19H,6-7,13-14H2. The molecule has 2 atom stereocenters. The topological polar surface area (TPSA) is 71.7 Å². The first-order valence-corrected chi connectivity index (χ1v) is 9.43. The summed E-state index contributed by atoms with van der Waals surface area (Å²) in [5.74, 6) is 0.684. The Balaban J connectivity index is 1.31. The van der Waals surface area contributed by atoms with E-state index >= 15 is 0 Å². The molecular formula is C21H20N4O3. The molecule has 142 valence electrons. The summed E-state index contributed by atoms with van der Waals surface area (Å²) >= 11 is 0. The molecule has 2 aliphatic rings. The molecule has 3 aromatic rings. The monoisotopic (exact) mass is 376 g/mol. The molecule has 2 fully saturated rings. The van der Waals surface area contributed by atoms with Gasteiger partial charge in [0.05, 0.1) is 12.1 Å². The normalized spacial score (nSPS) is 21.4. The van der Waals surface area contributed by atoms with Gasteiger partial charge in [-0.3, -0.25) is 9.82 Å². The Morgan fingerprint density at radius 1 is 1.11 bits per heavy atom. The molecule has 1 aromatic carbocycles. The number of hydroxylamine groups is 2. The molecule has 2 unspecified atom stereocenters. The van der Waals surface area contributed by atoms with E-state index in [1.54, 1.807) is 12.4 Å². The Labute approximate surface area is 162 Å². The van der Waals surface area contributed by atoms with Gasteiger partial charge in [0.25, 0.3) is 0 Å². The van der Waals surface area contributed by atoms with Gasteiger partial charge < -0.3 is 9.42 Å². The minimum absolute atomic E-state index is 0.0824. The molecule has 2 bridgehead atoms. The Bertz CT molecular complexity index is 960. The number of piperidine rings is 1. The van der Waals surface area contributed by atoms with E-state index in [-0.39, 0.29) is 18.1 Å². The van der Waals surface area contributed by atoms with Crippen molar-refractivity contribution < 1.29 is 14.2 Å². The number of amides is 2. The van der Waals surface area contributed by atoms with Crippen molar-refractivity contribution in [2.45, 2.75) is 31.5 Å². The van der Waals surface area contributed by atoms with Crippen molar-refractivity contribution >= 4 is 6.03 Å². The molecule has 0 saturated carbocycles. The highest BCUT2D eigenvalue weighted by Crippen LogP contribution is 2.39. The predicted octanol–water partition coefficient (Wildman–Crippen LogP) is 3.81. The van der Waals surface area contributed by atoms with Crippen LogP contribution in [0.5, 0.6) is 0 Å². The number of hydrogen-bond acceptors (Lipinski definition) is 5. The highest BCUT2D eigenvalue weighted by atomic mass is 16.7. The Morgan fingerprint density at radius 3 is 2.75 bits per heavy atom. The molecule has 5 rings (SSSR count). The van der Waals surface area contributed by atoms with E-state index in [0.29, 0.717) is 18.9 Å². The first-order chi connectivity index (χ1) is 13.8. The van der Waals surface area contributed by atoms with Crippen LogP contribution in [0.2, 0.25) is 0 Å². The van der Waals surface area contributed by atoms with E-state index in [4.69, 9.17) is 9.36 Å². The molecule has 0 spiro atoms. The van der Waals surface area contributed by atoms with Crippen LogP contribution in [0, 0.1) is 0 Å². The third-order valence-corrected chi connectivity index (χ3v) is 5.37. The van der Waals surface area contributed by atoms with Crippen molar-refractivity contribution in [3.05, 3.63) is 72.2 Å². The summed E-state index contributed by atoms with van der Waals surface area (Å²) in [6.07, 6.45) is 5.15. The summed E-state index contributed by atoms with van der Waals surface area (Å²) in [7, 11) is 0. The fourth-order valence-electron chi connectivity index (χ4n) is 3.92. The zero-order valence-corrected chi connectivity index (χ0v) is 15.3. The largest absolute Gasteiger partial charge is 0.356 e. The van der Waals surface area contributed by atoms with E-state index in [0.717, 1.165) is 29.7 Å². The maximum absolute atomic E-state index is 12.9. The molecular weight excluding hydrogens is 356 g/mol. The van der Waals surface area contributed by atoms with Crippen molar-refractivity contribution in [2.75, 3.05) is 6.54 Å². The van der Waals surface area contributed by atoms with Gasteiger partial charge in [-0.15, -0.1) is 0 Å². The lowest BCUT2D eigenvalue weighted by atomic mass is 9.98. The van der Waals surface area contributed by atoms with Crippen LogP contribution in [-0.4, -0.2) is 38.7 Å². The SMILES string of the molecule is O=C1N2CC(CCC2c2cc(-c3ccncc3)on2)N1OCc1ccccc1. The van der Waals surface area contributed by atoms with Crippen LogP contribution >= 0.6 is 0 Å². The molecule has 28 heavy (non-hydrogen) atoms. The number of urea groups is 1. The van der Waals surface area contributed by atoms with Gasteiger partial charge >= 0.3 is 6.03 Å². The Morgan fingerprint density at radius 2 is 1.93 bits per heavy atom. The predicted molar refractivity (Wildman–Crippen MR) is 101 cm³/mol. The van der Waals surface area contributed by atoms with Crippen LogP contribution in [0.25, 0.3) is 11.3 Å². The average Bonchev–Trinajstić information content (AvgIpc) is 3.33. The first-order valence-electron chi connectivity index (χ1n) is 9.43. The lowest BCUT2D eigenvalue weighted by Gasteiger charge is -2.28. The minimum atomic E-state index is -0.100. The van der Waals surface area contributed by atoms with Gasteiger partial charge in [-0.05, 0) is 30.5 Å². The van der Waals surface area contributed by atoms with Gasteiger partial charge in [0.2, 0.25) is 0 Å². The smallest absolute Gasteiger partial charge is 0.344 e. The second-order valence-corrected chi connectivity index (χ2v) is 7.12. The maximum Gasteiger partial charge on any atom is 0.344 e. The molecule has 4 heterocycles. The van der Waals surface area contributed by atoms with Crippen molar-refractivity contribution in [3.8, 4) is 11.3 Å². The van der Waals surface area contributed by atoms with Crippen LogP contribution in [0.15, 0.2) is 65.4 Å². The molecule has 7 heteroatoms. The molecule has 2 amide bonds. The Kier molecular flexibility index (Phi) is 4.29. The van der Waals surface area contributed by atoms with Gasteiger partial charge in [-0.2, -0.15) is 5.06 Å². The van der Waals surface area contributed by atoms with Crippen LogP contribution < -0.4 is 0 Å². The molecule has 0 N–H and O–H groups in total. The van der Waals surface area contributed by atoms with E-state index in [2.05, 4.69) is 10.1 Å². The fraction of sp³-hybridized carbons (Fsp3) is 0.286. The summed E-state index contributed by atoms with van der Waals surface area (Å²) in [5.41, 5.74) is 2.74. The first kappa shape index (κ1) is 16.9. The summed E-state index contributed by atoms with van der Waals surface area (Å²) in [6.45, 7) is 1.04. The summed E-state index contributed by atoms with van der Waals surface area (Å²) in [6, 6.07) is 15.4. The minimum Gasteiger partial charge on any atom is -0.356 e. The number of carbonyl (C=O) groups is 1. The quantitative estimate of drug-likeness (QED) is 0.677. The van der Waals surface area contributed by atoms with Gasteiger partial charge in [-0.25, -0.2) is 4.79 Å². The number of fused-ring (bicyclic) bond motifs is 2. The summed E-state index contributed by atoms with van der Waals surface area (Å²) in [4.78, 5) is 24.7. The lowest BCUT2D eigenvalue weighted by Crippen LogP contribution is -2.34. The number of rotatable bonds is 5. The Hall–Kier alpha value is -3.19.